The molecule has 7 heteroatoms. The number of hydrogen-bond donors (Lipinski definition) is 2. The molecule has 1 aliphatic heterocycles. The topological polar surface area (TPSA) is 50.4 Å². The normalized spacial score (nSPS) is 18.2. The molecule has 1 saturated heterocycles. The minimum absolute atomic E-state index is 0.0308. The van der Waals surface area contributed by atoms with Gasteiger partial charge < -0.3 is 15.4 Å². The molecule has 0 aromatic heterocycles. The molecule has 122 valence electrons. The Morgan fingerprint density at radius 1 is 1.23 bits per heavy atom. The number of benzene rings is 1. The van der Waals surface area contributed by atoms with Crippen molar-refractivity contribution in [2.45, 2.75) is 38.1 Å². The van der Waals surface area contributed by atoms with Gasteiger partial charge in [0.25, 0.3) is 0 Å². The molecule has 1 heterocycles. The van der Waals surface area contributed by atoms with E-state index in [1.54, 1.807) is 18.2 Å². The number of nitrogens with one attached hydrogen (secondary N) is 2. The van der Waals surface area contributed by atoms with E-state index in [4.69, 9.17) is 4.74 Å². The maximum atomic E-state index is 12.5. The fraction of sp³-hybridized carbons (Fsp3) is 0.533. The number of ether oxygens (including phenoxy) is 1. The molecule has 0 spiro atoms. The van der Waals surface area contributed by atoms with Crippen LogP contribution in [-0.4, -0.2) is 31.5 Å². The Morgan fingerprint density at radius 3 is 2.59 bits per heavy atom. The van der Waals surface area contributed by atoms with Crippen molar-refractivity contribution in [2.75, 3.05) is 13.2 Å². The van der Waals surface area contributed by atoms with Crippen LogP contribution in [0.2, 0.25) is 0 Å². The summed E-state index contributed by atoms with van der Waals surface area (Å²) in [6.45, 7) is 1.18. The van der Waals surface area contributed by atoms with Gasteiger partial charge >= 0.3 is 12.2 Å². The van der Waals surface area contributed by atoms with Crippen molar-refractivity contribution in [3.05, 3.63) is 35.4 Å². The van der Waals surface area contributed by atoms with Crippen LogP contribution in [0, 0.1) is 0 Å². The molecule has 4 nitrogen and oxygen atoms in total. The zero-order valence-corrected chi connectivity index (χ0v) is 12.1. The summed E-state index contributed by atoms with van der Waals surface area (Å²) in [5.74, 6) is 0. The molecule has 1 aromatic rings. The number of carbonyl (C=O) groups is 1. The van der Waals surface area contributed by atoms with E-state index in [1.807, 2.05) is 0 Å². The van der Waals surface area contributed by atoms with Gasteiger partial charge in [-0.25, -0.2) is 4.79 Å². The van der Waals surface area contributed by atoms with Crippen LogP contribution in [0.5, 0.6) is 0 Å². The van der Waals surface area contributed by atoms with Crippen molar-refractivity contribution in [2.24, 2.45) is 0 Å². The van der Waals surface area contributed by atoms with Gasteiger partial charge in [0, 0.05) is 19.7 Å². The monoisotopic (exact) mass is 316 g/mol. The van der Waals surface area contributed by atoms with Crippen LogP contribution in [0.25, 0.3) is 0 Å². The summed E-state index contributed by atoms with van der Waals surface area (Å²) in [6, 6.07) is 5.82. The standard InChI is InChI=1S/C15H19F3N2O2/c16-15(17,18)8-11-4-1-2-5-12(11)9-19-14(21)20-10-13-6-3-7-22-13/h1-2,4-5,13H,3,6-10H2,(H2,19,20,21). The van der Waals surface area contributed by atoms with Crippen LogP contribution >= 0.6 is 0 Å². The van der Waals surface area contributed by atoms with E-state index < -0.39 is 18.6 Å². The molecular formula is C15H19F3N2O2. The van der Waals surface area contributed by atoms with Gasteiger partial charge in [0.1, 0.15) is 0 Å². The van der Waals surface area contributed by atoms with Crippen LogP contribution in [-0.2, 0) is 17.7 Å². The minimum Gasteiger partial charge on any atom is -0.376 e. The molecule has 2 N–H and O–H groups in total. The fourth-order valence-electron chi connectivity index (χ4n) is 2.37. The lowest BCUT2D eigenvalue weighted by atomic mass is 10.0. The Bertz CT molecular complexity index is 500. The highest BCUT2D eigenvalue weighted by Gasteiger charge is 2.28. The Hall–Kier alpha value is -1.76. The highest BCUT2D eigenvalue weighted by molar-refractivity contribution is 5.73. The van der Waals surface area contributed by atoms with Crippen molar-refractivity contribution < 1.29 is 22.7 Å². The Kier molecular flexibility index (Phi) is 5.65. The average molecular weight is 316 g/mol. The van der Waals surface area contributed by atoms with Crippen molar-refractivity contribution in [1.29, 1.82) is 0 Å². The fourth-order valence-corrected chi connectivity index (χ4v) is 2.37. The van der Waals surface area contributed by atoms with Crippen molar-refractivity contribution in [3.63, 3.8) is 0 Å². The SMILES string of the molecule is O=C(NCc1ccccc1CC(F)(F)F)NCC1CCCO1. The lowest BCUT2D eigenvalue weighted by Gasteiger charge is -2.14. The molecule has 0 saturated carbocycles. The second-order valence-electron chi connectivity index (χ2n) is 5.26. The first-order valence-corrected chi connectivity index (χ1v) is 7.21. The Labute approximate surface area is 127 Å². The maximum absolute atomic E-state index is 12.5. The van der Waals surface area contributed by atoms with Crippen LogP contribution in [0.1, 0.15) is 24.0 Å². The van der Waals surface area contributed by atoms with Gasteiger partial charge in [0.2, 0.25) is 0 Å². The summed E-state index contributed by atoms with van der Waals surface area (Å²) in [5, 5.41) is 5.24. The number of amides is 2. The summed E-state index contributed by atoms with van der Waals surface area (Å²) in [6.07, 6.45) is -3.34. The molecule has 1 fully saturated rings. The minimum atomic E-state index is -4.27. The zero-order valence-electron chi connectivity index (χ0n) is 12.1. The first kappa shape index (κ1) is 16.6. The van der Waals surface area contributed by atoms with Gasteiger partial charge in [-0.3, -0.25) is 0 Å². The van der Waals surface area contributed by atoms with Crippen LogP contribution in [0.15, 0.2) is 24.3 Å². The molecule has 0 radical (unpaired) electrons. The van der Waals surface area contributed by atoms with E-state index in [9.17, 15) is 18.0 Å². The maximum Gasteiger partial charge on any atom is 0.393 e. The van der Waals surface area contributed by atoms with Gasteiger partial charge in [-0.2, -0.15) is 13.2 Å². The van der Waals surface area contributed by atoms with E-state index in [0.717, 1.165) is 12.8 Å². The van der Waals surface area contributed by atoms with Crippen LogP contribution in [0.3, 0.4) is 0 Å². The summed E-state index contributed by atoms with van der Waals surface area (Å²) < 4.78 is 42.9. The van der Waals surface area contributed by atoms with Crippen molar-refractivity contribution in [1.82, 2.24) is 10.6 Å². The lowest BCUT2D eigenvalue weighted by molar-refractivity contribution is -0.127. The average Bonchev–Trinajstić information content (AvgIpc) is 2.96. The van der Waals surface area contributed by atoms with E-state index in [2.05, 4.69) is 10.6 Å². The Balaban J connectivity index is 1.81. The second-order valence-corrected chi connectivity index (χ2v) is 5.26. The number of hydrogen-bond acceptors (Lipinski definition) is 2. The molecule has 0 aliphatic carbocycles. The number of halogens is 3. The number of carbonyl (C=O) groups excluding carboxylic acids is 1. The van der Waals surface area contributed by atoms with Gasteiger partial charge in [-0.1, -0.05) is 24.3 Å². The summed E-state index contributed by atoms with van der Waals surface area (Å²) >= 11 is 0. The molecule has 2 rings (SSSR count). The van der Waals surface area contributed by atoms with Gasteiger partial charge in [0.15, 0.2) is 0 Å². The summed E-state index contributed by atoms with van der Waals surface area (Å²) in [5.41, 5.74) is 0.640. The molecular weight excluding hydrogens is 297 g/mol. The molecule has 1 unspecified atom stereocenters. The predicted octanol–water partition coefficient (Wildman–Crippen LogP) is 2.77. The molecule has 1 atom stereocenters. The van der Waals surface area contributed by atoms with E-state index in [-0.39, 0.29) is 18.2 Å². The third-order valence-corrected chi connectivity index (χ3v) is 3.46. The smallest absolute Gasteiger partial charge is 0.376 e. The van der Waals surface area contributed by atoms with Gasteiger partial charge in [-0.05, 0) is 24.0 Å². The zero-order chi connectivity index (χ0) is 16.0. The predicted molar refractivity (Wildman–Crippen MR) is 75.4 cm³/mol. The third-order valence-electron chi connectivity index (χ3n) is 3.46. The molecule has 2 amide bonds. The molecule has 0 bridgehead atoms. The van der Waals surface area contributed by atoms with Crippen molar-refractivity contribution in [3.8, 4) is 0 Å². The van der Waals surface area contributed by atoms with E-state index in [1.165, 1.54) is 6.07 Å². The number of rotatable bonds is 5. The van der Waals surface area contributed by atoms with Gasteiger partial charge in [0.05, 0.1) is 12.5 Å². The summed E-state index contributed by atoms with van der Waals surface area (Å²) in [7, 11) is 0. The Morgan fingerprint density at radius 2 is 1.95 bits per heavy atom. The van der Waals surface area contributed by atoms with Crippen LogP contribution < -0.4 is 10.6 Å². The summed E-state index contributed by atoms with van der Waals surface area (Å²) in [4.78, 5) is 11.7. The second kappa shape index (κ2) is 7.49. The number of urea groups is 1. The first-order chi connectivity index (χ1) is 10.4. The van der Waals surface area contributed by atoms with E-state index >= 15 is 0 Å². The molecule has 1 aromatic carbocycles. The quantitative estimate of drug-likeness (QED) is 0.877. The molecule has 1 aliphatic rings. The highest BCUT2D eigenvalue weighted by atomic mass is 19.4. The first-order valence-electron chi connectivity index (χ1n) is 7.21. The lowest BCUT2D eigenvalue weighted by Crippen LogP contribution is -2.39. The van der Waals surface area contributed by atoms with Crippen molar-refractivity contribution >= 4 is 6.03 Å². The largest absolute Gasteiger partial charge is 0.393 e. The molecule has 22 heavy (non-hydrogen) atoms. The van der Waals surface area contributed by atoms with Crippen LogP contribution in [0.4, 0.5) is 18.0 Å². The third kappa shape index (κ3) is 5.55. The number of alkyl halides is 3. The van der Waals surface area contributed by atoms with Gasteiger partial charge in [-0.15, -0.1) is 0 Å². The highest BCUT2D eigenvalue weighted by Crippen LogP contribution is 2.23. The van der Waals surface area contributed by atoms with E-state index in [0.29, 0.717) is 18.7 Å².